The fraction of sp³-hybridized carbons (Fsp3) is 0.667. The van der Waals surface area contributed by atoms with E-state index in [1.807, 2.05) is 7.05 Å². The second kappa shape index (κ2) is 5.14. The summed E-state index contributed by atoms with van der Waals surface area (Å²) in [4.78, 5) is 8.39. The lowest BCUT2D eigenvalue weighted by Gasteiger charge is -2.26. The van der Waals surface area contributed by atoms with Crippen LogP contribution in [0, 0.1) is 5.92 Å². The lowest BCUT2D eigenvalue weighted by Crippen LogP contribution is -2.23. The maximum absolute atomic E-state index is 5.83. The average Bonchev–Trinajstić information content (AvgIpc) is 2.32. The van der Waals surface area contributed by atoms with Gasteiger partial charge >= 0.3 is 0 Å². The van der Waals surface area contributed by atoms with Gasteiger partial charge in [-0.15, -0.1) is 0 Å². The van der Waals surface area contributed by atoms with Crippen LogP contribution in [-0.2, 0) is 0 Å². The van der Waals surface area contributed by atoms with Gasteiger partial charge in [-0.1, -0.05) is 6.92 Å². The van der Waals surface area contributed by atoms with Gasteiger partial charge in [-0.25, -0.2) is 0 Å². The van der Waals surface area contributed by atoms with Crippen molar-refractivity contribution in [2.75, 3.05) is 12.4 Å². The van der Waals surface area contributed by atoms with Crippen molar-refractivity contribution in [3.63, 3.8) is 0 Å². The molecule has 0 atom stereocenters. The highest BCUT2D eigenvalue weighted by atomic mass is 16.5. The molecule has 0 bridgehead atoms. The highest BCUT2D eigenvalue weighted by molar-refractivity contribution is 5.31. The molecule has 1 fully saturated rings. The lowest BCUT2D eigenvalue weighted by atomic mass is 9.89. The van der Waals surface area contributed by atoms with Gasteiger partial charge in [0.15, 0.2) is 0 Å². The van der Waals surface area contributed by atoms with Crippen LogP contribution in [0.1, 0.15) is 32.6 Å². The molecule has 1 saturated carbocycles. The first kappa shape index (κ1) is 11.2. The fourth-order valence-electron chi connectivity index (χ4n) is 2.04. The van der Waals surface area contributed by atoms with E-state index in [1.54, 1.807) is 12.4 Å². The molecule has 0 amide bonds. The molecule has 88 valence electrons. The largest absolute Gasteiger partial charge is 0.473 e. The summed E-state index contributed by atoms with van der Waals surface area (Å²) in [6.45, 7) is 2.30. The molecule has 0 unspecified atom stereocenters. The van der Waals surface area contributed by atoms with Gasteiger partial charge in [-0.3, -0.25) is 4.98 Å². The van der Waals surface area contributed by atoms with Crippen LogP contribution in [0.5, 0.6) is 5.88 Å². The van der Waals surface area contributed by atoms with E-state index in [0.29, 0.717) is 12.0 Å². The van der Waals surface area contributed by atoms with Gasteiger partial charge in [0.1, 0.15) is 11.9 Å². The van der Waals surface area contributed by atoms with E-state index in [9.17, 15) is 0 Å². The van der Waals surface area contributed by atoms with Crippen molar-refractivity contribution in [3.8, 4) is 5.88 Å². The number of anilines is 1. The van der Waals surface area contributed by atoms with E-state index in [2.05, 4.69) is 22.2 Å². The molecule has 4 heteroatoms. The zero-order chi connectivity index (χ0) is 11.4. The van der Waals surface area contributed by atoms with E-state index in [0.717, 1.165) is 24.6 Å². The lowest BCUT2D eigenvalue weighted by molar-refractivity contribution is 0.130. The van der Waals surface area contributed by atoms with Crippen LogP contribution >= 0.6 is 0 Å². The number of rotatable bonds is 3. The van der Waals surface area contributed by atoms with Crippen molar-refractivity contribution in [3.05, 3.63) is 12.4 Å². The summed E-state index contributed by atoms with van der Waals surface area (Å²) in [6, 6.07) is 0. The van der Waals surface area contributed by atoms with E-state index < -0.39 is 0 Å². The third-order valence-corrected chi connectivity index (χ3v) is 3.12. The molecule has 0 spiro atoms. The van der Waals surface area contributed by atoms with Gasteiger partial charge in [0.2, 0.25) is 5.88 Å². The molecule has 0 aliphatic heterocycles. The van der Waals surface area contributed by atoms with Crippen molar-refractivity contribution in [1.82, 2.24) is 9.97 Å². The molecule has 1 aromatic rings. The second-order valence-electron chi connectivity index (χ2n) is 4.49. The Bertz CT molecular complexity index is 335. The van der Waals surface area contributed by atoms with Gasteiger partial charge in [0, 0.05) is 7.05 Å². The zero-order valence-corrected chi connectivity index (χ0v) is 9.94. The highest BCUT2D eigenvalue weighted by Gasteiger charge is 2.19. The number of ether oxygens (including phenoxy) is 1. The Kier molecular flexibility index (Phi) is 3.59. The molecule has 1 N–H and O–H groups in total. The molecule has 1 aliphatic rings. The van der Waals surface area contributed by atoms with Crippen LogP contribution in [0.15, 0.2) is 12.4 Å². The SMILES string of the molecule is CNc1cncc(OC2CCC(C)CC2)n1. The summed E-state index contributed by atoms with van der Waals surface area (Å²) in [5, 5.41) is 2.96. The number of hydrogen-bond acceptors (Lipinski definition) is 4. The van der Waals surface area contributed by atoms with E-state index in [1.165, 1.54) is 12.8 Å². The van der Waals surface area contributed by atoms with Crippen molar-refractivity contribution < 1.29 is 4.74 Å². The van der Waals surface area contributed by atoms with Crippen LogP contribution in [-0.4, -0.2) is 23.1 Å². The molecule has 4 nitrogen and oxygen atoms in total. The predicted molar refractivity (Wildman–Crippen MR) is 63.6 cm³/mol. The van der Waals surface area contributed by atoms with Crippen LogP contribution in [0.3, 0.4) is 0 Å². The molecule has 0 aromatic carbocycles. The van der Waals surface area contributed by atoms with Crippen molar-refractivity contribution in [1.29, 1.82) is 0 Å². The van der Waals surface area contributed by atoms with Crippen LogP contribution < -0.4 is 10.1 Å². The third-order valence-electron chi connectivity index (χ3n) is 3.12. The number of aromatic nitrogens is 2. The van der Waals surface area contributed by atoms with E-state index in [-0.39, 0.29) is 0 Å². The van der Waals surface area contributed by atoms with Crippen molar-refractivity contribution in [2.45, 2.75) is 38.7 Å². The maximum atomic E-state index is 5.83. The Hall–Kier alpha value is -1.32. The topological polar surface area (TPSA) is 47.0 Å². The zero-order valence-electron chi connectivity index (χ0n) is 9.94. The summed E-state index contributed by atoms with van der Waals surface area (Å²) < 4.78 is 5.83. The Morgan fingerprint density at radius 1 is 1.25 bits per heavy atom. The summed E-state index contributed by atoms with van der Waals surface area (Å²) in [7, 11) is 1.83. The molecule has 1 aromatic heterocycles. The normalized spacial score (nSPS) is 25.1. The standard InChI is InChI=1S/C12H19N3O/c1-9-3-5-10(6-4-9)16-12-8-14-7-11(13-2)15-12/h7-10H,3-6H2,1-2H3,(H,13,15). The van der Waals surface area contributed by atoms with Gasteiger partial charge in [0.25, 0.3) is 0 Å². The quantitative estimate of drug-likeness (QED) is 0.851. The van der Waals surface area contributed by atoms with E-state index in [4.69, 9.17) is 4.74 Å². The number of nitrogens with one attached hydrogen (secondary N) is 1. The number of hydrogen-bond donors (Lipinski definition) is 1. The van der Waals surface area contributed by atoms with Gasteiger partial charge in [0.05, 0.1) is 12.4 Å². The minimum absolute atomic E-state index is 0.317. The molecule has 2 rings (SSSR count). The first-order chi connectivity index (χ1) is 7.78. The minimum Gasteiger partial charge on any atom is -0.473 e. The average molecular weight is 221 g/mol. The Morgan fingerprint density at radius 2 is 2.00 bits per heavy atom. The van der Waals surface area contributed by atoms with Crippen molar-refractivity contribution >= 4 is 5.82 Å². The molecule has 1 aliphatic carbocycles. The van der Waals surface area contributed by atoms with Crippen LogP contribution in [0.4, 0.5) is 5.82 Å². The summed E-state index contributed by atoms with van der Waals surface area (Å²) in [5.41, 5.74) is 0. The Balaban J connectivity index is 1.93. The highest BCUT2D eigenvalue weighted by Crippen LogP contribution is 2.26. The Labute approximate surface area is 96.4 Å². The number of nitrogens with zero attached hydrogens (tertiary/aromatic N) is 2. The monoisotopic (exact) mass is 221 g/mol. The van der Waals surface area contributed by atoms with Crippen LogP contribution in [0.2, 0.25) is 0 Å². The molecule has 0 radical (unpaired) electrons. The van der Waals surface area contributed by atoms with Crippen molar-refractivity contribution in [2.24, 2.45) is 5.92 Å². The van der Waals surface area contributed by atoms with E-state index >= 15 is 0 Å². The third kappa shape index (κ3) is 2.84. The first-order valence-electron chi connectivity index (χ1n) is 5.94. The Morgan fingerprint density at radius 3 is 2.69 bits per heavy atom. The molecular formula is C12H19N3O. The molecule has 0 saturated heterocycles. The maximum Gasteiger partial charge on any atom is 0.234 e. The van der Waals surface area contributed by atoms with Crippen LogP contribution in [0.25, 0.3) is 0 Å². The summed E-state index contributed by atoms with van der Waals surface area (Å²) >= 11 is 0. The smallest absolute Gasteiger partial charge is 0.234 e. The predicted octanol–water partition coefficient (Wildman–Crippen LogP) is 2.48. The molecular weight excluding hydrogens is 202 g/mol. The van der Waals surface area contributed by atoms with Gasteiger partial charge < -0.3 is 10.1 Å². The molecule has 1 heterocycles. The summed E-state index contributed by atoms with van der Waals surface area (Å²) in [5.74, 6) is 2.22. The molecule has 16 heavy (non-hydrogen) atoms. The second-order valence-corrected chi connectivity index (χ2v) is 4.49. The van der Waals surface area contributed by atoms with Gasteiger partial charge in [-0.05, 0) is 31.6 Å². The minimum atomic E-state index is 0.317. The fourth-order valence-corrected chi connectivity index (χ4v) is 2.04. The van der Waals surface area contributed by atoms with Gasteiger partial charge in [-0.2, -0.15) is 4.98 Å². The summed E-state index contributed by atoms with van der Waals surface area (Å²) in [6.07, 6.45) is 8.46. The first-order valence-corrected chi connectivity index (χ1v) is 5.94.